The number of nitrogens with one attached hydrogen (secondary N) is 2. The predicted octanol–water partition coefficient (Wildman–Crippen LogP) is 3.51. The van der Waals surface area contributed by atoms with Crippen molar-refractivity contribution in [1.29, 1.82) is 5.26 Å². The highest BCUT2D eigenvalue weighted by molar-refractivity contribution is 7.92. The molecule has 1 amide bonds. The second-order valence-corrected chi connectivity index (χ2v) is 12.8. The summed E-state index contributed by atoms with van der Waals surface area (Å²) in [5.74, 6) is 0.288. The lowest BCUT2D eigenvalue weighted by molar-refractivity contribution is 0.0794. The predicted molar refractivity (Wildman–Crippen MR) is 138 cm³/mol. The fourth-order valence-corrected chi connectivity index (χ4v) is 5.78. The number of aromatic nitrogens is 3. The van der Waals surface area contributed by atoms with Crippen LogP contribution in [0.25, 0.3) is 10.9 Å². The monoisotopic (exact) mass is 526 g/mol. The van der Waals surface area contributed by atoms with Crippen molar-refractivity contribution in [1.82, 2.24) is 19.7 Å². The van der Waals surface area contributed by atoms with Gasteiger partial charge in [0.05, 0.1) is 40.3 Å². The third kappa shape index (κ3) is 4.67. The Kier molecular flexibility index (Phi) is 6.77. The summed E-state index contributed by atoms with van der Waals surface area (Å²) in [7, 11) is -2.19. The van der Waals surface area contributed by atoms with Crippen molar-refractivity contribution in [2.24, 2.45) is 0 Å². The molecule has 1 fully saturated rings. The number of sulfone groups is 1. The van der Waals surface area contributed by atoms with Crippen molar-refractivity contribution in [3.05, 3.63) is 46.9 Å². The summed E-state index contributed by atoms with van der Waals surface area (Å²) < 4.78 is 31.1. The molecule has 1 aliphatic rings. The number of amides is 1. The van der Waals surface area contributed by atoms with Gasteiger partial charge in [0.1, 0.15) is 5.39 Å². The topological polar surface area (TPSA) is 150 Å². The lowest BCUT2D eigenvalue weighted by Crippen LogP contribution is -2.48. The molecule has 0 atom stereocenters. The molecule has 1 aromatic carbocycles. The largest absolute Gasteiger partial charge is 0.453 e. The number of anilines is 2. The van der Waals surface area contributed by atoms with E-state index in [4.69, 9.17) is 9.84 Å². The summed E-state index contributed by atoms with van der Waals surface area (Å²) in [6.45, 7) is 5.70. The summed E-state index contributed by atoms with van der Waals surface area (Å²) in [5, 5.41) is 17.9. The Balaban J connectivity index is 1.73. The van der Waals surface area contributed by atoms with Crippen LogP contribution >= 0.6 is 0 Å². The number of methoxy groups -OCH3 is 1. The van der Waals surface area contributed by atoms with Gasteiger partial charge in [-0.15, -0.1) is 0 Å². The van der Waals surface area contributed by atoms with Crippen molar-refractivity contribution in [2.45, 2.75) is 55.2 Å². The maximum Gasteiger partial charge on any atom is 0.409 e. The maximum atomic E-state index is 12.9. The van der Waals surface area contributed by atoms with E-state index >= 15 is 0 Å². The zero-order valence-corrected chi connectivity index (χ0v) is 22.1. The number of piperidine rings is 1. The summed E-state index contributed by atoms with van der Waals surface area (Å²) in [5.41, 5.74) is 0.0327. The van der Waals surface area contributed by atoms with E-state index in [-0.39, 0.29) is 22.7 Å². The number of pyridine rings is 1. The number of likely N-dealkylation sites (tertiary alicyclic amines) is 1. The molecule has 0 unspecified atom stereocenters. The first-order valence-corrected chi connectivity index (χ1v) is 13.3. The van der Waals surface area contributed by atoms with E-state index in [0.717, 1.165) is 0 Å². The molecule has 0 spiro atoms. The lowest BCUT2D eigenvalue weighted by Gasteiger charge is -2.40. The SMILES string of the molecule is COC(=O)N1CCC(CC#N)(n2nc(Nc3ccc(S(=O)(=O)C(C)(C)C)cc3)c3c(=O)[nH]ccc32)CC1. The number of H-pyrrole nitrogens is 1. The number of fused-ring (bicyclic) bond motifs is 1. The highest BCUT2D eigenvalue weighted by Gasteiger charge is 2.40. The Labute approximate surface area is 214 Å². The molecule has 4 rings (SSSR count). The molecule has 3 heterocycles. The molecule has 0 saturated carbocycles. The van der Waals surface area contributed by atoms with Gasteiger partial charge in [-0.25, -0.2) is 13.2 Å². The number of nitriles is 1. The lowest BCUT2D eigenvalue weighted by atomic mass is 9.85. The van der Waals surface area contributed by atoms with Crippen LogP contribution in [0.3, 0.4) is 0 Å². The number of ether oxygens (including phenoxy) is 1. The van der Waals surface area contributed by atoms with Gasteiger partial charge in [-0.05, 0) is 63.9 Å². The van der Waals surface area contributed by atoms with Gasteiger partial charge >= 0.3 is 6.09 Å². The minimum Gasteiger partial charge on any atom is -0.453 e. The van der Waals surface area contributed by atoms with Crippen LogP contribution in [0.2, 0.25) is 0 Å². The number of carbonyl (C=O) groups is 1. The fourth-order valence-electron chi connectivity index (χ4n) is 4.58. The standard InChI is InChI=1S/C25H30N6O5S/c1-24(2,3)37(34,35)18-7-5-17(6-8-18)28-21-20-19(9-14-27-22(20)32)31(29-21)25(10-13-26)11-15-30(16-12-25)23(33)36-4/h5-9,14H,10-12,15-16H2,1-4H3,(H,27,32)(H,28,29). The van der Waals surface area contributed by atoms with Crippen LogP contribution in [0.4, 0.5) is 16.3 Å². The van der Waals surface area contributed by atoms with Gasteiger partial charge in [0, 0.05) is 25.0 Å². The average Bonchev–Trinajstić information content (AvgIpc) is 3.24. The van der Waals surface area contributed by atoms with Crippen LogP contribution in [-0.2, 0) is 20.1 Å². The maximum absolute atomic E-state index is 12.9. The van der Waals surface area contributed by atoms with E-state index < -0.39 is 26.2 Å². The molecule has 0 aliphatic carbocycles. The molecule has 196 valence electrons. The van der Waals surface area contributed by atoms with Crippen molar-refractivity contribution >= 4 is 38.3 Å². The molecule has 37 heavy (non-hydrogen) atoms. The highest BCUT2D eigenvalue weighted by atomic mass is 32.2. The van der Waals surface area contributed by atoms with Crippen LogP contribution in [-0.4, -0.2) is 59.1 Å². The molecular weight excluding hydrogens is 496 g/mol. The molecular formula is C25H30N6O5S. The summed E-state index contributed by atoms with van der Waals surface area (Å²) in [6, 6.07) is 10.3. The molecule has 1 aliphatic heterocycles. The molecule has 11 nitrogen and oxygen atoms in total. The van der Waals surface area contributed by atoms with Crippen molar-refractivity contribution in [3.63, 3.8) is 0 Å². The Morgan fingerprint density at radius 1 is 1.22 bits per heavy atom. The van der Waals surface area contributed by atoms with E-state index in [1.807, 2.05) is 0 Å². The number of hydrogen-bond acceptors (Lipinski definition) is 8. The van der Waals surface area contributed by atoms with Crippen LogP contribution in [0, 0.1) is 11.3 Å². The minimum atomic E-state index is -3.51. The van der Waals surface area contributed by atoms with Gasteiger partial charge < -0.3 is 19.9 Å². The van der Waals surface area contributed by atoms with E-state index in [1.54, 1.807) is 48.6 Å². The normalized spacial score (nSPS) is 15.8. The van der Waals surface area contributed by atoms with Crippen LogP contribution in [0.15, 0.2) is 46.2 Å². The summed E-state index contributed by atoms with van der Waals surface area (Å²) >= 11 is 0. The number of hydrogen-bond donors (Lipinski definition) is 2. The molecule has 3 aromatic rings. The van der Waals surface area contributed by atoms with Gasteiger partial charge in [0.25, 0.3) is 5.56 Å². The first-order valence-electron chi connectivity index (χ1n) is 11.9. The number of benzene rings is 1. The van der Waals surface area contributed by atoms with E-state index in [0.29, 0.717) is 42.5 Å². The Morgan fingerprint density at radius 3 is 2.43 bits per heavy atom. The first kappa shape index (κ1) is 26.2. The summed E-state index contributed by atoms with van der Waals surface area (Å²) in [4.78, 5) is 29.3. The third-order valence-corrected chi connectivity index (χ3v) is 9.33. The summed E-state index contributed by atoms with van der Waals surface area (Å²) in [6.07, 6.45) is 2.16. The van der Waals surface area contributed by atoms with Crippen molar-refractivity contribution < 1.29 is 17.9 Å². The molecule has 2 aromatic heterocycles. The highest BCUT2D eigenvalue weighted by Crippen LogP contribution is 2.37. The van der Waals surface area contributed by atoms with Gasteiger partial charge in [-0.3, -0.25) is 9.48 Å². The minimum absolute atomic E-state index is 0.143. The molecule has 0 bridgehead atoms. The van der Waals surface area contributed by atoms with Gasteiger partial charge in [0.15, 0.2) is 15.7 Å². The van der Waals surface area contributed by atoms with Gasteiger partial charge in [0.2, 0.25) is 0 Å². The van der Waals surface area contributed by atoms with Crippen molar-refractivity contribution in [2.75, 3.05) is 25.5 Å². The molecule has 0 radical (unpaired) electrons. The number of nitrogens with zero attached hydrogens (tertiary/aromatic N) is 4. The van der Waals surface area contributed by atoms with Crippen LogP contribution in [0.1, 0.15) is 40.0 Å². The van der Waals surface area contributed by atoms with Gasteiger partial charge in [-0.2, -0.15) is 10.4 Å². The Hall–Kier alpha value is -3.85. The fraction of sp³-hybridized carbons (Fsp3) is 0.440. The zero-order chi connectivity index (χ0) is 27.0. The zero-order valence-electron chi connectivity index (χ0n) is 21.2. The van der Waals surface area contributed by atoms with E-state index in [2.05, 4.69) is 16.4 Å². The Bertz CT molecular complexity index is 1520. The second-order valence-electron chi connectivity index (χ2n) is 10.1. The number of rotatable bonds is 5. The third-order valence-electron chi connectivity index (χ3n) is 6.82. The molecule has 12 heteroatoms. The van der Waals surface area contributed by atoms with E-state index in [1.165, 1.54) is 25.4 Å². The number of aromatic amines is 1. The van der Waals surface area contributed by atoms with Gasteiger partial charge in [-0.1, -0.05) is 0 Å². The van der Waals surface area contributed by atoms with Crippen LogP contribution in [0.5, 0.6) is 0 Å². The van der Waals surface area contributed by atoms with Crippen molar-refractivity contribution in [3.8, 4) is 6.07 Å². The molecule has 2 N–H and O–H groups in total. The van der Waals surface area contributed by atoms with E-state index in [9.17, 15) is 23.3 Å². The smallest absolute Gasteiger partial charge is 0.409 e. The second kappa shape index (κ2) is 9.55. The first-order chi connectivity index (χ1) is 17.4. The Morgan fingerprint density at radius 2 is 1.86 bits per heavy atom. The quantitative estimate of drug-likeness (QED) is 0.513. The molecule has 1 saturated heterocycles. The average molecular weight is 527 g/mol. The number of carbonyl (C=O) groups excluding carboxylic acids is 1. The van der Waals surface area contributed by atoms with Crippen LogP contribution < -0.4 is 10.9 Å².